The third-order valence-electron chi connectivity index (χ3n) is 9.72. The molecule has 5 aromatic rings. The number of rotatable bonds is 12. The monoisotopic (exact) mass is 757 g/mol. The van der Waals surface area contributed by atoms with Gasteiger partial charge in [-0.25, -0.2) is 19.6 Å². The van der Waals surface area contributed by atoms with Gasteiger partial charge in [-0.2, -0.15) is 5.10 Å². The van der Waals surface area contributed by atoms with Gasteiger partial charge < -0.3 is 25.3 Å². The Morgan fingerprint density at radius 1 is 1.04 bits per heavy atom. The molecule has 3 N–H and O–H groups in total. The van der Waals surface area contributed by atoms with E-state index >= 15 is 0 Å². The van der Waals surface area contributed by atoms with Crippen LogP contribution in [0, 0.1) is 13.8 Å². The van der Waals surface area contributed by atoms with Crippen molar-refractivity contribution in [1.82, 2.24) is 49.8 Å². The minimum atomic E-state index is -0.368. The lowest BCUT2D eigenvalue weighted by Gasteiger charge is -2.26. The quantitative estimate of drug-likeness (QED) is 0.162. The first-order valence-corrected chi connectivity index (χ1v) is 18.3. The highest BCUT2D eigenvalue weighted by molar-refractivity contribution is 6.39. The van der Waals surface area contributed by atoms with Crippen LogP contribution in [0.2, 0.25) is 10.0 Å². The number of amides is 2. The van der Waals surface area contributed by atoms with Gasteiger partial charge in [0.15, 0.2) is 5.82 Å². The summed E-state index contributed by atoms with van der Waals surface area (Å²) in [7, 11) is 3.44. The number of carbonyl (C=O) groups excluding carboxylic acids is 2. The number of anilines is 1. The van der Waals surface area contributed by atoms with Crippen molar-refractivity contribution in [2.24, 2.45) is 7.05 Å². The Morgan fingerprint density at radius 2 is 1.89 bits per heavy atom. The molecule has 2 aliphatic rings. The lowest BCUT2D eigenvalue weighted by Crippen LogP contribution is -2.35. The molecule has 1 aromatic carbocycles. The van der Waals surface area contributed by atoms with Crippen molar-refractivity contribution >= 4 is 40.7 Å². The van der Waals surface area contributed by atoms with E-state index in [1.54, 1.807) is 31.5 Å². The molecule has 276 valence electrons. The maximum absolute atomic E-state index is 13.7. The van der Waals surface area contributed by atoms with Crippen molar-refractivity contribution in [2.75, 3.05) is 32.1 Å². The van der Waals surface area contributed by atoms with E-state index < -0.39 is 0 Å². The van der Waals surface area contributed by atoms with Crippen molar-refractivity contribution < 1.29 is 14.3 Å². The highest BCUT2D eigenvalue weighted by atomic mass is 35.5. The van der Waals surface area contributed by atoms with Crippen molar-refractivity contribution in [3.05, 3.63) is 87.1 Å². The Hall–Kier alpha value is -4.89. The van der Waals surface area contributed by atoms with Crippen LogP contribution in [0.25, 0.3) is 22.5 Å². The Bertz CT molecular complexity index is 2180. The van der Waals surface area contributed by atoms with E-state index in [1.807, 2.05) is 48.3 Å². The van der Waals surface area contributed by atoms with Gasteiger partial charge in [-0.1, -0.05) is 41.4 Å². The van der Waals surface area contributed by atoms with Gasteiger partial charge in [0.05, 0.1) is 46.5 Å². The first kappa shape index (κ1) is 36.5. The van der Waals surface area contributed by atoms with Gasteiger partial charge in [0.2, 0.25) is 11.8 Å². The second kappa shape index (κ2) is 15.6. The molecule has 53 heavy (non-hydrogen) atoms. The minimum Gasteiger partial charge on any atom is -0.481 e. The van der Waals surface area contributed by atoms with E-state index in [0.717, 1.165) is 61.1 Å². The van der Waals surface area contributed by atoms with Crippen LogP contribution in [0.4, 0.5) is 5.69 Å². The molecular formula is C37H41Cl2N11O3. The molecule has 1 atom stereocenters. The highest BCUT2D eigenvalue weighted by Crippen LogP contribution is 2.40. The smallest absolute Gasteiger partial charge is 0.291 e. The number of halogens is 2. The Balaban J connectivity index is 1.05. The molecule has 2 amide bonds. The van der Waals surface area contributed by atoms with E-state index in [2.05, 4.69) is 35.9 Å². The van der Waals surface area contributed by atoms with E-state index in [-0.39, 0.29) is 17.9 Å². The number of aromatic nitrogens is 7. The number of nitrogens with zero attached hydrogens (tertiary/aromatic N) is 8. The summed E-state index contributed by atoms with van der Waals surface area (Å²) in [5.74, 6) is 2.15. The highest BCUT2D eigenvalue weighted by Gasteiger charge is 2.27. The molecule has 0 radical (unpaired) electrons. The van der Waals surface area contributed by atoms with Crippen LogP contribution >= 0.6 is 23.2 Å². The number of hydrogen-bond acceptors (Lipinski definition) is 10. The summed E-state index contributed by atoms with van der Waals surface area (Å²) in [4.78, 5) is 46.0. The summed E-state index contributed by atoms with van der Waals surface area (Å²) in [6, 6.07) is 11.1. The largest absolute Gasteiger partial charge is 0.481 e. The number of ether oxygens (including phenoxy) is 1. The molecule has 0 unspecified atom stereocenters. The zero-order valence-electron chi connectivity index (χ0n) is 30.0. The molecule has 16 heteroatoms. The molecular weight excluding hydrogens is 717 g/mol. The number of methoxy groups -OCH3 is 1. The normalized spacial score (nSPS) is 15.7. The van der Waals surface area contributed by atoms with Crippen LogP contribution in [0.5, 0.6) is 5.88 Å². The van der Waals surface area contributed by atoms with E-state index in [9.17, 15) is 9.59 Å². The lowest BCUT2D eigenvalue weighted by molar-refractivity contribution is -0.119. The van der Waals surface area contributed by atoms with Gasteiger partial charge >= 0.3 is 0 Å². The van der Waals surface area contributed by atoms with Crippen LogP contribution in [0.3, 0.4) is 0 Å². The second-order valence-electron chi connectivity index (χ2n) is 13.3. The molecule has 0 bridgehead atoms. The summed E-state index contributed by atoms with van der Waals surface area (Å²) in [5.41, 5.74) is 5.45. The molecule has 1 saturated heterocycles. The van der Waals surface area contributed by atoms with Gasteiger partial charge in [0.25, 0.3) is 5.91 Å². The number of hydrogen-bond donors (Lipinski definition) is 3. The van der Waals surface area contributed by atoms with Crippen LogP contribution in [-0.4, -0.2) is 83.8 Å². The van der Waals surface area contributed by atoms with Crippen molar-refractivity contribution in [3.8, 4) is 28.4 Å². The summed E-state index contributed by atoms with van der Waals surface area (Å²) in [6.07, 6.45) is 3.80. The average molecular weight is 759 g/mol. The number of nitrogens with one attached hydrogen (secondary N) is 3. The van der Waals surface area contributed by atoms with Crippen LogP contribution in [-0.2, 0) is 37.9 Å². The number of benzene rings is 1. The fraction of sp³-hybridized carbons (Fsp3) is 0.378. The fourth-order valence-electron chi connectivity index (χ4n) is 6.95. The molecule has 0 saturated carbocycles. The fourth-order valence-corrected chi connectivity index (χ4v) is 7.52. The predicted molar refractivity (Wildman–Crippen MR) is 202 cm³/mol. The van der Waals surface area contributed by atoms with E-state index in [1.165, 1.54) is 0 Å². The molecule has 2 aliphatic heterocycles. The number of carbonyl (C=O) groups is 2. The van der Waals surface area contributed by atoms with Crippen molar-refractivity contribution in [3.63, 3.8) is 0 Å². The number of aryl methyl sites for hydroxylation is 2. The molecule has 1 fully saturated rings. The van der Waals surface area contributed by atoms with Crippen molar-refractivity contribution in [1.29, 1.82) is 0 Å². The lowest BCUT2D eigenvalue weighted by atomic mass is 10.1. The first-order chi connectivity index (χ1) is 25.6. The van der Waals surface area contributed by atoms with Gasteiger partial charge in [-0.05, 0) is 38.5 Å². The van der Waals surface area contributed by atoms with Crippen LogP contribution in [0.15, 0.2) is 42.6 Å². The second-order valence-corrected chi connectivity index (χ2v) is 14.0. The Kier molecular flexibility index (Phi) is 10.7. The summed E-state index contributed by atoms with van der Waals surface area (Å²) < 4.78 is 9.42. The summed E-state index contributed by atoms with van der Waals surface area (Å²) >= 11 is 14.0. The standard InChI is InChI=1S/C37H41Cl2N11O3/c1-21-42-22(2)50(47-21)17-16-49-15-13-30-29(20-49)44-35(48(30)3)36(52)45-28-7-5-6-26(32(28)38)34-33(39)25(12-14-41-34)27-10-8-23(37(46-27)53-4)18-40-19-24-9-11-31(51)43-24/h5-8,10,12,14,24,40H,9,11,13,15-20H2,1-4H3,(H,43,51)(H,45,52)/t24-/m1/s1. The van der Waals surface area contributed by atoms with E-state index in [4.69, 9.17) is 37.9 Å². The maximum Gasteiger partial charge on any atom is 0.291 e. The third kappa shape index (κ3) is 7.77. The zero-order valence-corrected chi connectivity index (χ0v) is 31.6. The van der Waals surface area contributed by atoms with Gasteiger partial charge in [-0.15, -0.1) is 0 Å². The van der Waals surface area contributed by atoms with Gasteiger partial charge in [0, 0.05) is 87.2 Å². The molecule has 4 aromatic heterocycles. The SMILES string of the molecule is COc1nc(-c2ccnc(-c3cccc(NC(=O)c4nc5c(n4C)CCN(CCn4nc(C)nc4C)C5)c3Cl)c2Cl)ccc1CNC[C@H]1CCC(=O)N1. The number of fused-ring (bicyclic) bond motifs is 1. The first-order valence-electron chi connectivity index (χ1n) is 17.5. The summed E-state index contributed by atoms with van der Waals surface area (Å²) in [6.45, 7) is 8.06. The topological polar surface area (TPSA) is 157 Å². The molecule has 0 aliphatic carbocycles. The number of imidazole rings is 1. The van der Waals surface area contributed by atoms with Crippen LogP contribution < -0.4 is 20.7 Å². The number of pyridine rings is 2. The molecule has 7 rings (SSSR count). The zero-order chi connectivity index (χ0) is 37.2. The molecule has 0 spiro atoms. The Labute approximate surface area is 317 Å². The van der Waals surface area contributed by atoms with E-state index in [0.29, 0.717) is 76.0 Å². The van der Waals surface area contributed by atoms with Gasteiger partial charge in [0.1, 0.15) is 11.6 Å². The van der Waals surface area contributed by atoms with Gasteiger partial charge in [-0.3, -0.25) is 19.5 Å². The average Bonchev–Trinajstić information content (AvgIpc) is 3.82. The van der Waals surface area contributed by atoms with Crippen LogP contribution in [0.1, 0.15) is 52.1 Å². The molecule has 6 heterocycles. The predicted octanol–water partition coefficient (Wildman–Crippen LogP) is 4.75. The minimum absolute atomic E-state index is 0.0866. The van der Waals surface area contributed by atoms with Crippen molar-refractivity contribution in [2.45, 2.75) is 58.8 Å². The molecule has 14 nitrogen and oxygen atoms in total. The summed E-state index contributed by atoms with van der Waals surface area (Å²) in [5, 5.41) is 14.4. The maximum atomic E-state index is 13.7. The third-order valence-corrected chi connectivity index (χ3v) is 10.5. The Morgan fingerprint density at radius 3 is 2.64 bits per heavy atom.